The Bertz CT molecular complexity index is 3390. The van der Waals surface area contributed by atoms with Gasteiger partial charge in [-0.15, -0.1) is 0 Å². The summed E-state index contributed by atoms with van der Waals surface area (Å²) in [5.41, 5.74) is 12.1. The topological polar surface area (TPSA) is 39.4 Å². The molecule has 9 aromatic carbocycles. The van der Waals surface area contributed by atoms with E-state index in [1.165, 1.54) is 38.2 Å². The van der Waals surface area contributed by atoms with Gasteiger partial charge in [0.25, 0.3) is 0 Å². The Morgan fingerprint density at radius 2 is 0.736 bits per heavy atom. The molecule has 0 N–H and O–H groups in total. The van der Waals surface area contributed by atoms with Crippen molar-refractivity contribution in [2.24, 2.45) is 0 Å². The number of para-hydroxylation sites is 2. The van der Waals surface area contributed by atoms with Crippen molar-refractivity contribution in [3.05, 3.63) is 170 Å². The number of furan rings is 3. The molecule has 3 aromatic heterocycles. The Hall–Kier alpha value is -7.10. The molecule has 0 aliphatic heterocycles. The summed E-state index contributed by atoms with van der Waals surface area (Å²) in [6, 6.07) is 60.3. The van der Waals surface area contributed by atoms with Crippen LogP contribution in [0.15, 0.2) is 183 Å². The van der Waals surface area contributed by atoms with Crippen molar-refractivity contribution in [2.75, 3.05) is 0 Å². The smallest absolute Gasteiger partial charge is 0.136 e. The van der Waals surface area contributed by atoms with Gasteiger partial charge in [-0.05, 0) is 103 Å². The van der Waals surface area contributed by atoms with Crippen molar-refractivity contribution < 1.29 is 13.3 Å². The van der Waals surface area contributed by atoms with Crippen LogP contribution in [0.3, 0.4) is 0 Å². The predicted molar refractivity (Wildman–Crippen MR) is 220 cm³/mol. The maximum Gasteiger partial charge on any atom is 0.136 e. The normalized spacial score (nSPS) is 12.2. The van der Waals surface area contributed by atoms with Crippen molar-refractivity contribution in [1.29, 1.82) is 0 Å². The lowest BCUT2D eigenvalue weighted by Crippen LogP contribution is -1.92. The van der Waals surface area contributed by atoms with Crippen molar-refractivity contribution in [1.82, 2.24) is 0 Å². The maximum atomic E-state index is 6.68. The SMILES string of the molecule is c1ccc(-c2c3ccccc3c(-c3cc(-c4ccc5oc6cc7c(cc6c5c4)oc4ccccc47)cc4oc5ccccc5c34)c3ccccc23)cc1. The van der Waals surface area contributed by atoms with E-state index >= 15 is 0 Å². The van der Waals surface area contributed by atoms with Crippen LogP contribution >= 0.6 is 0 Å². The number of benzene rings is 9. The Morgan fingerprint density at radius 3 is 1.42 bits per heavy atom. The molecule has 0 atom stereocenters. The van der Waals surface area contributed by atoms with E-state index in [9.17, 15) is 0 Å². The van der Waals surface area contributed by atoms with E-state index in [0.717, 1.165) is 82.5 Å². The molecule has 246 valence electrons. The first-order valence-corrected chi connectivity index (χ1v) is 18.0. The predicted octanol–water partition coefficient (Wildman–Crippen LogP) is 14.7. The molecule has 3 nitrogen and oxygen atoms in total. The van der Waals surface area contributed by atoms with Gasteiger partial charge in [-0.2, -0.15) is 0 Å². The lowest BCUT2D eigenvalue weighted by molar-refractivity contribution is 0.664. The van der Waals surface area contributed by atoms with Crippen molar-refractivity contribution in [2.45, 2.75) is 0 Å². The van der Waals surface area contributed by atoms with Gasteiger partial charge in [0.1, 0.15) is 33.5 Å². The highest BCUT2D eigenvalue weighted by atomic mass is 16.3. The molecule has 0 radical (unpaired) electrons. The third kappa shape index (κ3) is 4.10. The molecule has 0 saturated heterocycles. The van der Waals surface area contributed by atoms with Crippen molar-refractivity contribution >= 4 is 87.4 Å². The van der Waals surface area contributed by atoms with Crippen LogP contribution in [0.5, 0.6) is 0 Å². The molecule has 0 spiro atoms. The van der Waals surface area contributed by atoms with Gasteiger partial charge in [-0.3, -0.25) is 0 Å². The monoisotopic (exact) mass is 676 g/mol. The molecule has 0 unspecified atom stereocenters. The van der Waals surface area contributed by atoms with E-state index in [2.05, 4.69) is 146 Å². The molecule has 0 saturated carbocycles. The van der Waals surface area contributed by atoms with Crippen LogP contribution in [-0.2, 0) is 0 Å². The molecule has 0 bridgehead atoms. The van der Waals surface area contributed by atoms with Gasteiger partial charge in [0.15, 0.2) is 0 Å². The standard InChI is InChI=1S/C50H28O3/c1-2-12-29(13-3-1)48-33-15-4-6-17-35(33)49(36-18-7-5-16-34(36)48)41-25-31(26-47-50(41)37-19-9-11-21-43(37)53-47)30-22-23-44-38(24-30)40-28-45-39(27-46(40)52-44)32-14-8-10-20-42(32)51-45/h1-28H. The van der Waals surface area contributed by atoms with E-state index in [1.54, 1.807) is 0 Å². The second-order valence-corrected chi connectivity index (χ2v) is 14.0. The maximum absolute atomic E-state index is 6.68. The first-order chi connectivity index (χ1) is 26.3. The molecule has 0 fully saturated rings. The molecular weight excluding hydrogens is 649 g/mol. The molecule has 0 aliphatic carbocycles. The van der Waals surface area contributed by atoms with E-state index in [0.29, 0.717) is 0 Å². The molecule has 0 aliphatic rings. The Morgan fingerprint density at radius 1 is 0.245 bits per heavy atom. The lowest BCUT2D eigenvalue weighted by Gasteiger charge is -2.19. The number of hydrogen-bond donors (Lipinski definition) is 0. The molecule has 3 heteroatoms. The van der Waals surface area contributed by atoms with Crippen molar-refractivity contribution in [3.8, 4) is 33.4 Å². The zero-order valence-electron chi connectivity index (χ0n) is 28.4. The molecule has 53 heavy (non-hydrogen) atoms. The minimum atomic E-state index is 0.847. The fourth-order valence-corrected chi connectivity index (χ4v) is 8.73. The third-order valence-corrected chi connectivity index (χ3v) is 11.0. The lowest BCUT2D eigenvalue weighted by atomic mass is 9.84. The second-order valence-electron chi connectivity index (χ2n) is 14.0. The largest absolute Gasteiger partial charge is 0.456 e. The van der Waals surface area contributed by atoms with Gasteiger partial charge in [-0.25, -0.2) is 0 Å². The highest BCUT2D eigenvalue weighted by molar-refractivity contribution is 6.26. The summed E-state index contributed by atoms with van der Waals surface area (Å²) in [7, 11) is 0. The summed E-state index contributed by atoms with van der Waals surface area (Å²) in [5, 5.41) is 11.3. The van der Waals surface area contributed by atoms with Gasteiger partial charge < -0.3 is 13.3 Å². The Balaban J connectivity index is 1.16. The minimum Gasteiger partial charge on any atom is -0.456 e. The molecule has 12 rings (SSSR count). The summed E-state index contributed by atoms with van der Waals surface area (Å²) in [4.78, 5) is 0. The van der Waals surface area contributed by atoms with Crippen LogP contribution in [0.2, 0.25) is 0 Å². The Labute approximate surface area is 302 Å². The van der Waals surface area contributed by atoms with Crippen LogP contribution in [0, 0.1) is 0 Å². The Kier molecular flexibility index (Phi) is 5.77. The van der Waals surface area contributed by atoms with Gasteiger partial charge in [0.2, 0.25) is 0 Å². The van der Waals surface area contributed by atoms with Gasteiger partial charge in [0, 0.05) is 32.3 Å². The van der Waals surface area contributed by atoms with Crippen LogP contribution < -0.4 is 0 Å². The molecular formula is C50H28O3. The molecule has 12 aromatic rings. The highest BCUT2D eigenvalue weighted by Crippen LogP contribution is 2.48. The first kappa shape index (κ1) is 28.6. The van der Waals surface area contributed by atoms with Crippen LogP contribution in [0.25, 0.3) is 121 Å². The van der Waals surface area contributed by atoms with E-state index in [4.69, 9.17) is 13.3 Å². The van der Waals surface area contributed by atoms with Crippen LogP contribution in [-0.4, -0.2) is 0 Å². The van der Waals surface area contributed by atoms with E-state index in [-0.39, 0.29) is 0 Å². The summed E-state index contributed by atoms with van der Waals surface area (Å²) in [6.07, 6.45) is 0. The second kappa shape index (κ2) is 10.7. The quantitative estimate of drug-likeness (QED) is 0.175. The number of hydrogen-bond acceptors (Lipinski definition) is 3. The van der Waals surface area contributed by atoms with Gasteiger partial charge in [0.05, 0.1) is 0 Å². The van der Waals surface area contributed by atoms with Crippen molar-refractivity contribution in [3.63, 3.8) is 0 Å². The number of fused-ring (bicyclic) bond motifs is 11. The third-order valence-electron chi connectivity index (χ3n) is 11.0. The molecule has 0 amide bonds. The van der Waals surface area contributed by atoms with E-state index < -0.39 is 0 Å². The van der Waals surface area contributed by atoms with Gasteiger partial charge >= 0.3 is 0 Å². The summed E-state index contributed by atoms with van der Waals surface area (Å²) in [6.45, 7) is 0. The highest BCUT2D eigenvalue weighted by Gasteiger charge is 2.22. The average molecular weight is 677 g/mol. The van der Waals surface area contributed by atoms with Gasteiger partial charge in [-0.1, -0.05) is 121 Å². The fourth-order valence-electron chi connectivity index (χ4n) is 8.73. The number of rotatable bonds is 3. The average Bonchev–Trinajstić information content (AvgIpc) is 3.89. The fraction of sp³-hybridized carbons (Fsp3) is 0. The molecule has 3 heterocycles. The van der Waals surface area contributed by atoms with Crippen LogP contribution in [0.1, 0.15) is 0 Å². The summed E-state index contributed by atoms with van der Waals surface area (Å²) in [5.74, 6) is 0. The zero-order valence-corrected chi connectivity index (χ0v) is 28.4. The minimum absolute atomic E-state index is 0.847. The summed E-state index contributed by atoms with van der Waals surface area (Å²) >= 11 is 0. The summed E-state index contributed by atoms with van der Waals surface area (Å²) < 4.78 is 19.4. The zero-order chi connectivity index (χ0) is 34.6. The van der Waals surface area contributed by atoms with E-state index in [1.807, 2.05) is 24.3 Å². The first-order valence-electron chi connectivity index (χ1n) is 18.0. The van der Waals surface area contributed by atoms with Crippen LogP contribution in [0.4, 0.5) is 0 Å².